The van der Waals surface area contributed by atoms with Crippen molar-refractivity contribution < 1.29 is 10.0 Å². The first kappa shape index (κ1) is 14.3. The summed E-state index contributed by atoms with van der Waals surface area (Å²) >= 11 is 0. The Morgan fingerprint density at radius 3 is 2.95 bits per heavy atom. The second-order valence-corrected chi connectivity index (χ2v) is 5.16. The van der Waals surface area contributed by atoms with Gasteiger partial charge >= 0.3 is 0 Å². The number of piperidine rings is 1. The van der Waals surface area contributed by atoms with Crippen molar-refractivity contribution in [3.8, 4) is 6.07 Å². The predicted octanol–water partition coefficient (Wildman–Crippen LogP) is 2.06. The fourth-order valence-electron chi connectivity index (χ4n) is 2.63. The van der Waals surface area contributed by atoms with Crippen LogP contribution in [-0.2, 0) is 0 Å². The molecule has 0 bridgehead atoms. The van der Waals surface area contributed by atoms with Gasteiger partial charge in [-0.05, 0) is 31.9 Å². The van der Waals surface area contributed by atoms with E-state index in [2.05, 4.69) is 0 Å². The van der Waals surface area contributed by atoms with E-state index in [0.29, 0.717) is 12.2 Å². The van der Waals surface area contributed by atoms with Gasteiger partial charge in [-0.2, -0.15) is 5.26 Å². The van der Waals surface area contributed by atoms with Crippen LogP contribution in [0, 0.1) is 27.4 Å². The highest BCUT2D eigenvalue weighted by atomic mass is 16.6. The van der Waals surface area contributed by atoms with Crippen LogP contribution in [0.1, 0.15) is 25.3 Å². The number of nitro groups is 1. The summed E-state index contributed by atoms with van der Waals surface area (Å²) in [6.07, 6.45) is 1.40. The van der Waals surface area contributed by atoms with E-state index in [1.54, 1.807) is 19.1 Å². The van der Waals surface area contributed by atoms with Crippen LogP contribution in [0.25, 0.3) is 0 Å². The van der Waals surface area contributed by atoms with Crippen LogP contribution < -0.4 is 4.90 Å². The Balaban J connectivity index is 2.32. The van der Waals surface area contributed by atoms with Gasteiger partial charge in [-0.15, -0.1) is 0 Å². The van der Waals surface area contributed by atoms with E-state index < -0.39 is 11.0 Å². The molecule has 0 saturated carbocycles. The lowest BCUT2D eigenvalue weighted by atomic mass is 9.93. The summed E-state index contributed by atoms with van der Waals surface area (Å²) in [5.74, 6) is 0.124. The van der Waals surface area contributed by atoms with Crippen LogP contribution in [0.4, 0.5) is 11.4 Å². The van der Waals surface area contributed by atoms with Crippen molar-refractivity contribution in [1.29, 1.82) is 5.26 Å². The third kappa shape index (κ3) is 2.89. The van der Waals surface area contributed by atoms with Gasteiger partial charge in [0.25, 0.3) is 5.69 Å². The number of rotatable bonds is 3. The lowest BCUT2D eigenvalue weighted by molar-refractivity contribution is -0.384. The van der Waals surface area contributed by atoms with Gasteiger partial charge < -0.3 is 10.0 Å². The van der Waals surface area contributed by atoms with E-state index in [1.807, 2.05) is 11.0 Å². The molecule has 1 fully saturated rings. The molecule has 1 N–H and O–H groups in total. The minimum Gasteiger partial charge on any atom is -0.393 e. The number of nitrogens with zero attached hydrogens (tertiary/aromatic N) is 3. The molecule has 1 aromatic rings. The maximum Gasteiger partial charge on any atom is 0.293 e. The van der Waals surface area contributed by atoms with Gasteiger partial charge in [-0.25, -0.2) is 0 Å². The Labute approximate surface area is 117 Å². The molecule has 2 atom stereocenters. The molecule has 1 aliphatic heterocycles. The minimum atomic E-state index is -0.456. The largest absolute Gasteiger partial charge is 0.393 e. The molecule has 6 nitrogen and oxygen atoms in total. The van der Waals surface area contributed by atoms with Crippen molar-refractivity contribution in [1.82, 2.24) is 0 Å². The molecule has 1 heterocycles. The molecule has 0 aliphatic carbocycles. The molecule has 6 heteroatoms. The van der Waals surface area contributed by atoms with Crippen LogP contribution >= 0.6 is 0 Å². The zero-order valence-corrected chi connectivity index (χ0v) is 11.3. The SMILES string of the molecule is CC(O)C1CCCN(c2ccc(C#N)cc2[N+](=O)[O-])C1. The van der Waals surface area contributed by atoms with Gasteiger partial charge in [0.15, 0.2) is 0 Å². The Morgan fingerprint density at radius 2 is 2.35 bits per heavy atom. The van der Waals surface area contributed by atoms with Gasteiger partial charge in [0.1, 0.15) is 5.69 Å². The Kier molecular flexibility index (Phi) is 4.20. The van der Waals surface area contributed by atoms with Crippen molar-refractivity contribution in [3.63, 3.8) is 0 Å². The molecule has 1 aromatic carbocycles. The summed E-state index contributed by atoms with van der Waals surface area (Å²) in [4.78, 5) is 12.6. The highest BCUT2D eigenvalue weighted by molar-refractivity contribution is 5.65. The highest BCUT2D eigenvalue weighted by Crippen LogP contribution is 2.33. The third-order valence-electron chi connectivity index (χ3n) is 3.78. The predicted molar refractivity (Wildman–Crippen MR) is 74.4 cm³/mol. The summed E-state index contributed by atoms with van der Waals surface area (Å²) in [6, 6.07) is 6.44. The van der Waals surface area contributed by atoms with E-state index in [4.69, 9.17) is 5.26 Å². The summed E-state index contributed by atoms with van der Waals surface area (Å²) < 4.78 is 0. The van der Waals surface area contributed by atoms with Crippen LogP contribution in [-0.4, -0.2) is 29.2 Å². The van der Waals surface area contributed by atoms with Gasteiger partial charge in [0.05, 0.1) is 22.7 Å². The standard InChI is InChI=1S/C14H17N3O3/c1-10(18)12-3-2-6-16(9-12)13-5-4-11(8-15)7-14(13)17(19)20/h4-5,7,10,12,18H,2-3,6,9H2,1H3. The number of anilines is 1. The number of nitriles is 1. The molecule has 106 valence electrons. The first-order valence-corrected chi connectivity index (χ1v) is 6.64. The second kappa shape index (κ2) is 5.88. The average molecular weight is 275 g/mol. The van der Waals surface area contributed by atoms with E-state index in [9.17, 15) is 15.2 Å². The van der Waals surface area contributed by atoms with E-state index in [1.165, 1.54) is 6.07 Å². The van der Waals surface area contributed by atoms with Crippen molar-refractivity contribution >= 4 is 11.4 Å². The van der Waals surface area contributed by atoms with Crippen LogP contribution in [0.2, 0.25) is 0 Å². The zero-order chi connectivity index (χ0) is 14.7. The van der Waals surface area contributed by atoms with Gasteiger partial charge in [0, 0.05) is 25.1 Å². The molecule has 20 heavy (non-hydrogen) atoms. The molecule has 2 unspecified atom stereocenters. The normalized spacial score (nSPS) is 20.2. The zero-order valence-electron chi connectivity index (χ0n) is 11.3. The minimum absolute atomic E-state index is 0.0460. The number of hydrogen-bond acceptors (Lipinski definition) is 5. The van der Waals surface area contributed by atoms with E-state index in [-0.39, 0.29) is 17.2 Å². The number of aliphatic hydroxyl groups is 1. The Hall–Kier alpha value is -2.13. The Bertz CT molecular complexity index is 551. The van der Waals surface area contributed by atoms with Crippen LogP contribution in [0.15, 0.2) is 18.2 Å². The number of hydrogen-bond donors (Lipinski definition) is 1. The Morgan fingerprint density at radius 1 is 1.60 bits per heavy atom. The van der Waals surface area contributed by atoms with Gasteiger partial charge in [-0.1, -0.05) is 0 Å². The average Bonchev–Trinajstić information content (AvgIpc) is 2.46. The lowest BCUT2D eigenvalue weighted by Crippen LogP contribution is -2.39. The fraction of sp³-hybridized carbons (Fsp3) is 0.500. The fourth-order valence-corrected chi connectivity index (χ4v) is 2.63. The van der Waals surface area contributed by atoms with Crippen LogP contribution in [0.5, 0.6) is 0 Å². The molecular formula is C14H17N3O3. The maximum atomic E-state index is 11.2. The van der Waals surface area contributed by atoms with Gasteiger partial charge in [0.2, 0.25) is 0 Å². The summed E-state index contributed by atoms with van der Waals surface area (Å²) in [5.41, 5.74) is 0.763. The quantitative estimate of drug-likeness (QED) is 0.673. The molecule has 2 rings (SSSR count). The topological polar surface area (TPSA) is 90.4 Å². The second-order valence-electron chi connectivity index (χ2n) is 5.16. The van der Waals surface area contributed by atoms with Gasteiger partial charge in [-0.3, -0.25) is 10.1 Å². The van der Waals surface area contributed by atoms with Crippen molar-refractivity contribution in [2.24, 2.45) is 5.92 Å². The maximum absolute atomic E-state index is 11.2. The molecule has 0 amide bonds. The highest BCUT2D eigenvalue weighted by Gasteiger charge is 2.27. The smallest absolute Gasteiger partial charge is 0.293 e. The summed E-state index contributed by atoms with van der Waals surface area (Å²) in [7, 11) is 0. The molecule has 0 spiro atoms. The summed E-state index contributed by atoms with van der Waals surface area (Å²) in [6.45, 7) is 3.09. The van der Waals surface area contributed by atoms with E-state index in [0.717, 1.165) is 19.4 Å². The number of aliphatic hydroxyl groups excluding tert-OH is 1. The van der Waals surface area contributed by atoms with Crippen molar-refractivity contribution in [2.45, 2.75) is 25.9 Å². The summed E-state index contributed by atoms with van der Waals surface area (Å²) in [5, 5.41) is 29.7. The third-order valence-corrected chi connectivity index (χ3v) is 3.78. The van der Waals surface area contributed by atoms with Crippen molar-refractivity contribution in [2.75, 3.05) is 18.0 Å². The molecule has 0 radical (unpaired) electrons. The number of nitro benzene ring substituents is 1. The molecule has 1 aliphatic rings. The van der Waals surface area contributed by atoms with Crippen LogP contribution in [0.3, 0.4) is 0 Å². The first-order valence-electron chi connectivity index (χ1n) is 6.64. The van der Waals surface area contributed by atoms with E-state index >= 15 is 0 Å². The first-order chi connectivity index (χ1) is 9.52. The molecule has 0 aromatic heterocycles. The number of benzene rings is 1. The molecular weight excluding hydrogens is 258 g/mol. The monoisotopic (exact) mass is 275 g/mol. The lowest BCUT2D eigenvalue weighted by Gasteiger charge is -2.35. The molecule has 1 saturated heterocycles. The van der Waals surface area contributed by atoms with Crippen molar-refractivity contribution in [3.05, 3.63) is 33.9 Å².